The molecule has 9 heteroatoms. The van der Waals surface area contributed by atoms with Crippen molar-refractivity contribution in [3.05, 3.63) is 59.6 Å². The zero-order valence-corrected chi connectivity index (χ0v) is 20.1. The first-order chi connectivity index (χ1) is 16.6. The van der Waals surface area contributed by atoms with Gasteiger partial charge in [-0.25, -0.2) is 4.79 Å². The Morgan fingerprint density at radius 1 is 0.941 bits per heavy atom. The zero-order chi connectivity index (χ0) is 23.9. The van der Waals surface area contributed by atoms with Crippen LogP contribution in [-0.2, 0) is 0 Å². The number of rotatable bonds is 7. The van der Waals surface area contributed by atoms with Crippen LogP contribution in [0.1, 0.15) is 13.8 Å². The molecule has 1 aliphatic rings. The summed E-state index contributed by atoms with van der Waals surface area (Å²) in [6.45, 7) is 7.39. The number of piperazine rings is 1. The van der Waals surface area contributed by atoms with Gasteiger partial charge in [0.2, 0.25) is 0 Å². The highest BCUT2D eigenvalue weighted by atomic mass is 35.5. The van der Waals surface area contributed by atoms with E-state index in [1.807, 2.05) is 62.4 Å². The van der Waals surface area contributed by atoms with Gasteiger partial charge in [-0.15, -0.1) is 10.2 Å². The second kappa shape index (κ2) is 11.1. The minimum Gasteiger partial charge on any atom is -0.490 e. The molecule has 2 heterocycles. The quantitative estimate of drug-likeness (QED) is 0.514. The van der Waals surface area contributed by atoms with Crippen molar-refractivity contribution in [2.45, 2.75) is 13.8 Å². The first-order valence-corrected chi connectivity index (χ1v) is 11.8. The Labute approximate surface area is 204 Å². The molecule has 1 saturated heterocycles. The van der Waals surface area contributed by atoms with E-state index in [2.05, 4.69) is 20.4 Å². The summed E-state index contributed by atoms with van der Waals surface area (Å²) in [7, 11) is 0. The van der Waals surface area contributed by atoms with Gasteiger partial charge < -0.3 is 24.6 Å². The Kier molecular flexibility index (Phi) is 7.69. The SMILES string of the molecule is CCOc1ccc(NC(=O)N2CCN(c3ccc(-c4ccccc4Cl)nn3)CC2)cc1OCC. The summed E-state index contributed by atoms with van der Waals surface area (Å²) in [6.07, 6.45) is 0. The van der Waals surface area contributed by atoms with Crippen LogP contribution < -0.4 is 19.7 Å². The number of aromatic nitrogens is 2. The third-order valence-corrected chi connectivity index (χ3v) is 5.82. The first-order valence-electron chi connectivity index (χ1n) is 11.4. The maximum atomic E-state index is 12.8. The smallest absolute Gasteiger partial charge is 0.321 e. The van der Waals surface area contributed by atoms with Gasteiger partial charge in [-0.2, -0.15) is 0 Å². The molecule has 0 spiro atoms. The lowest BCUT2D eigenvalue weighted by Crippen LogP contribution is -2.50. The number of halogens is 1. The molecular weight excluding hydrogens is 454 g/mol. The van der Waals surface area contributed by atoms with E-state index in [4.69, 9.17) is 21.1 Å². The summed E-state index contributed by atoms with van der Waals surface area (Å²) in [6, 6.07) is 16.7. The minimum absolute atomic E-state index is 0.147. The van der Waals surface area contributed by atoms with E-state index in [0.29, 0.717) is 61.6 Å². The molecule has 0 saturated carbocycles. The van der Waals surface area contributed by atoms with Crippen molar-refractivity contribution in [1.82, 2.24) is 15.1 Å². The van der Waals surface area contributed by atoms with Crippen molar-refractivity contribution in [2.24, 2.45) is 0 Å². The summed E-state index contributed by atoms with van der Waals surface area (Å²) < 4.78 is 11.2. The molecule has 1 aromatic heterocycles. The number of urea groups is 1. The van der Waals surface area contributed by atoms with Crippen molar-refractivity contribution >= 4 is 29.1 Å². The Bertz CT molecular complexity index is 1120. The van der Waals surface area contributed by atoms with Crippen LogP contribution in [0.15, 0.2) is 54.6 Å². The number of ether oxygens (including phenoxy) is 2. The third kappa shape index (κ3) is 5.51. The summed E-state index contributed by atoms with van der Waals surface area (Å²) in [5.74, 6) is 2.06. The van der Waals surface area contributed by atoms with E-state index in [-0.39, 0.29) is 6.03 Å². The molecule has 8 nitrogen and oxygen atoms in total. The van der Waals surface area contributed by atoms with Crippen LogP contribution in [0.5, 0.6) is 11.5 Å². The molecule has 2 aromatic carbocycles. The number of nitrogens with zero attached hydrogens (tertiary/aromatic N) is 4. The molecule has 0 radical (unpaired) electrons. The highest BCUT2D eigenvalue weighted by Gasteiger charge is 2.23. The van der Waals surface area contributed by atoms with E-state index in [1.54, 1.807) is 11.0 Å². The molecular formula is C25H28ClN5O3. The zero-order valence-electron chi connectivity index (χ0n) is 19.3. The Morgan fingerprint density at radius 2 is 1.68 bits per heavy atom. The predicted molar refractivity (Wildman–Crippen MR) is 134 cm³/mol. The van der Waals surface area contributed by atoms with Crippen LogP contribution in [0.2, 0.25) is 5.02 Å². The fourth-order valence-electron chi connectivity index (χ4n) is 3.78. The van der Waals surface area contributed by atoms with E-state index in [1.165, 1.54) is 0 Å². The van der Waals surface area contributed by atoms with Crippen LogP contribution in [0.4, 0.5) is 16.3 Å². The molecule has 1 aliphatic heterocycles. The number of nitrogens with one attached hydrogen (secondary N) is 1. The predicted octanol–water partition coefficient (Wildman–Crippen LogP) is 4.95. The van der Waals surface area contributed by atoms with Crippen LogP contribution in [0, 0.1) is 0 Å². The summed E-state index contributed by atoms with van der Waals surface area (Å²) in [5.41, 5.74) is 2.25. The van der Waals surface area contributed by atoms with Crippen LogP contribution in [0.25, 0.3) is 11.3 Å². The van der Waals surface area contributed by atoms with Crippen LogP contribution in [0.3, 0.4) is 0 Å². The van der Waals surface area contributed by atoms with Crippen molar-refractivity contribution in [3.63, 3.8) is 0 Å². The molecule has 1 N–H and O–H groups in total. The topological polar surface area (TPSA) is 79.8 Å². The standard InChI is InChI=1S/C25H28ClN5O3/c1-3-33-22-11-9-18(17-23(22)34-4-2)27-25(32)31-15-13-30(14-16-31)24-12-10-21(28-29-24)19-7-5-6-8-20(19)26/h5-12,17H,3-4,13-16H2,1-2H3,(H,27,32). The highest BCUT2D eigenvalue weighted by Crippen LogP contribution is 2.31. The van der Waals surface area contributed by atoms with Gasteiger partial charge >= 0.3 is 6.03 Å². The van der Waals surface area contributed by atoms with E-state index in [9.17, 15) is 4.79 Å². The lowest BCUT2D eigenvalue weighted by Gasteiger charge is -2.35. The summed E-state index contributed by atoms with van der Waals surface area (Å²) in [5, 5.41) is 12.3. The van der Waals surface area contributed by atoms with Crippen LogP contribution >= 0.6 is 11.6 Å². The molecule has 4 rings (SSSR count). The molecule has 1 fully saturated rings. The average molecular weight is 482 g/mol. The van der Waals surface area contributed by atoms with Crippen molar-refractivity contribution in [3.8, 4) is 22.8 Å². The normalized spacial score (nSPS) is 13.5. The van der Waals surface area contributed by atoms with E-state index >= 15 is 0 Å². The van der Waals surface area contributed by atoms with Crippen LogP contribution in [-0.4, -0.2) is 60.5 Å². The molecule has 0 atom stereocenters. The van der Waals surface area contributed by atoms with Crippen molar-refractivity contribution < 1.29 is 14.3 Å². The highest BCUT2D eigenvalue weighted by molar-refractivity contribution is 6.33. The molecule has 0 aliphatic carbocycles. The number of hydrogen-bond donors (Lipinski definition) is 1. The molecule has 0 bridgehead atoms. The molecule has 178 valence electrons. The second-order valence-electron chi connectivity index (χ2n) is 7.69. The van der Waals surface area contributed by atoms with Gasteiger partial charge in [0.1, 0.15) is 0 Å². The van der Waals surface area contributed by atoms with Crippen molar-refractivity contribution in [2.75, 3.05) is 49.6 Å². The van der Waals surface area contributed by atoms with E-state index < -0.39 is 0 Å². The van der Waals surface area contributed by atoms with Gasteiger partial charge in [0, 0.05) is 43.5 Å². The first kappa shape index (κ1) is 23.6. The van der Waals surface area contributed by atoms with Gasteiger partial charge in [0.25, 0.3) is 0 Å². The molecule has 34 heavy (non-hydrogen) atoms. The monoisotopic (exact) mass is 481 g/mol. The largest absolute Gasteiger partial charge is 0.490 e. The van der Waals surface area contributed by atoms with Gasteiger partial charge in [0.05, 0.1) is 23.9 Å². The van der Waals surface area contributed by atoms with Gasteiger partial charge in [-0.1, -0.05) is 29.8 Å². The van der Waals surface area contributed by atoms with Gasteiger partial charge in [0.15, 0.2) is 17.3 Å². The van der Waals surface area contributed by atoms with Gasteiger partial charge in [-0.05, 0) is 44.2 Å². The lowest BCUT2D eigenvalue weighted by atomic mass is 10.1. The number of amides is 2. The fourth-order valence-corrected chi connectivity index (χ4v) is 4.01. The summed E-state index contributed by atoms with van der Waals surface area (Å²) in [4.78, 5) is 16.7. The van der Waals surface area contributed by atoms with E-state index in [0.717, 1.165) is 17.1 Å². The Hall–Kier alpha value is -3.52. The number of benzene rings is 2. The molecule has 3 aromatic rings. The molecule has 0 unspecified atom stereocenters. The maximum Gasteiger partial charge on any atom is 0.321 e. The molecule has 2 amide bonds. The average Bonchev–Trinajstić information content (AvgIpc) is 2.86. The fraction of sp³-hybridized carbons (Fsp3) is 0.320. The van der Waals surface area contributed by atoms with Gasteiger partial charge in [-0.3, -0.25) is 0 Å². The Balaban J connectivity index is 1.34. The summed E-state index contributed by atoms with van der Waals surface area (Å²) >= 11 is 6.26. The maximum absolute atomic E-state index is 12.8. The number of carbonyl (C=O) groups excluding carboxylic acids is 1. The second-order valence-corrected chi connectivity index (χ2v) is 8.10. The number of anilines is 2. The van der Waals surface area contributed by atoms with Crippen molar-refractivity contribution in [1.29, 1.82) is 0 Å². The lowest BCUT2D eigenvalue weighted by molar-refractivity contribution is 0.208. The Morgan fingerprint density at radius 3 is 2.35 bits per heavy atom. The number of carbonyl (C=O) groups is 1. The third-order valence-electron chi connectivity index (χ3n) is 5.49. The number of hydrogen-bond acceptors (Lipinski definition) is 6. The minimum atomic E-state index is -0.147.